The number of ether oxygens (including phenoxy) is 1. The molecule has 0 spiro atoms. The van der Waals surface area contributed by atoms with Crippen LogP contribution >= 0.6 is 0 Å². The Morgan fingerprint density at radius 3 is 3.05 bits per heavy atom. The van der Waals surface area contributed by atoms with E-state index in [0.717, 1.165) is 11.8 Å². The normalized spacial score (nSPS) is 10.8. The van der Waals surface area contributed by atoms with Crippen molar-refractivity contribution < 1.29 is 14.6 Å². The summed E-state index contributed by atoms with van der Waals surface area (Å²) in [4.78, 5) is 14.8. The van der Waals surface area contributed by atoms with Crippen LogP contribution in [-0.4, -0.2) is 32.4 Å². The van der Waals surface area contributed by atoms with Crippen LogP contribution in [0.4, 0.5) is 0 Å². The molecule has 0 aliphatic carbocycles. The highest BCUT2D eigenvalue weighted by Crippen LogP contribution is 2.18. The molecular weight excluding hydrogens is 258 g/mol. The number of aromatic nitrogens is 3. The number of aryl methyl sites for hydroxylation is 1. The third-order valence-electron chi connectivity index (χ3n) is 2.55. The van der Waals surface area contributed by atoms with Crippen LogP contribution in [0.15, 0.2) is 36.7 Å². The van der Waals surface area contributed by atoms with Gasteiger partial charge in [-0.05, 0) is 31.2 Å². The minimum atomic E-state index is -1.02. The number of nitrogens with zero attached hydrogens (tertiary/aromatic N) is 3. The highest BCUT2D eigenvalue weighted by molar-refractivity contribution is 5.85. The second kappa shape index (κ2) is 6.51. The lowest BCUT2D eigenvalue weighted by atomic mass is 10.2. The third-order valence-corrected chi connectivity index (χ3v) is 2.55. The van der Waals surface area contributed by atoms with Gasteiger partial charge in [-0.2, -0.15) is 5.10 Å². The lowest BCUT2D eigenvalue weighted by Gasteiger charge is -2.09. The smallest absolute Gasteiger partial charge is 0.328 e. The standard InChI is InChI=1S/C14H15N3O3/c1-11-3-5-13(12(16-11)4-6-14(18)19)20-10-9-17-8-2-7-15-17/h2-8H,9-10H2,1H3,(H,18,19). The van der Waals surface area contributed by atoms with Gasteiger partial charge in [-0.3, -0.25) is 4.68 Å². The van der Waals surface area contributed by atoms with Gasteiger partial charge < -0.3 is 9.84 Å². The van der Waals surface area contributed by atoms with Crippen LogP contribution in [0.25, 0.3) is 6.08 Å². The fraction of sp³-hybridized carbons (Fsp3) is 0.214. The largest absolute Gasteiger partial charge is 0.489 e. The summed E-state index contributed by atoms with van der Waals surface area (Å²) in [5.74, 6) is -0.462. The molecule has 20 heavy (non-hydrogen) atoms. The van der Waals surface area contributed by atoms with Crippen LogP contribution in [0.5, 0.6) is 5.75 Å². The zero-order valence-electron chi connectivity index (χ0n) is 11.1. The Morgan fingerprint density at radius 2 is 2.35 bits per heavy atom. The summed E-state index contributed by atoms with van der Waals surface area (Å²) >= 11 is 0. The zero-order valence-corrected chi connectivity index (χ0v) is 11.1. The van der Waals surface area contributed by atoms with Crippen molar-refractivity contribution in [2.45, 2.75) is 13.5 Å². The summed E-state index contributed by atoms with van der Waals surface area (Å²) in [6.07, 6.45) is 6.02. The number of aliphatic carboxylic acids is 1. The van der Waals surface area contributed by atoms with Crippen molar-refractivity contribution in [1.29, 1.82) is 0 Å². The minimum Gasteiger partial charge on any atom is -0.489 e. The number of carbonyl (C=O) groups is 1. The van der Waals surface area contributed by atoms with E-state index < -0.39 is 5.97 Å². The topological polar surface area (TPSA) is 77.2 Å². The number of carboxylic acids is 1. The molecule has 6 nitrogen and oxygen atoms in total. The van der Waals surface area contributed by atoms with Crippen LogP contribution in [0.3, 0.4) is 0 Å². The Labute approximate surface area is 116 Å². The first-order valence-corrected chi connectivity index (χ1v) is 6.14. The van der Waals surface area contributed by atoms with Crippen molar-refractivity contribution in [3.63, 3.8) is 0 Å². The highest BCUT2D eigenvalue weighted by atomic mass is 16.5. The van der Waals surface area contributed by atoms with E-state index >= 15 is 0 Å². The van der Waals surface area contributed by atoms with Crippen molar-refractivity contribution in [2.75, 3.05) is 6.61 Å². The molecule has 0 atom stereocenters. The van der Waals surface area contributed by atoms with Crippen LogP contribution in [-0.2, 0) is 11.3 Å². The minimum absolute atomic E-state index is 0.431. The van der Waals surface area contributed by atoms with Crippen LogP contribution in [0.2, 0.25) is 0 Å². The molecule has 0 unspecified atom stereocenters. The summed E-state index contributed by atoms with van der Waals surface area (Å²) in [6, 6.07) is 5.45. The molecule has 1 N–H and O–H groups in total. The first-order chi connectivity index (χ1) is 9.65. The third kappa shape index (κ3) is 3.94. The second-order valence-corrected chi connectivity index (χ2v) is 4.13. The van der Waals surface area contributed by atoms with Gasteiger partial charge in [-0.15, -0.1) is 0 Å². The summed E-state index contributed by atoms with van der Waals surface area (Å²) in [5, 5.41) is 12.7. The average molecular weight is 273 g/mol. The Balaban J connectivity index is 2.04. The zero-order chi connectivity index (χ0) is 14.4. The molecule has 0 aromatic carbocycles. The molecule has 0 fully saturated rings. The Hall–Kier alpha value is -2.63. The quantitative estimate of drug-likeness (QED) is 0.811. The van der Waals surface area contributed by atoms with E-state index in [2.05, 4.69) is 10.1 Å². The van der Waals surface area contributed by atoms with Gasteiger partial charge in [0, 0.05) is 24.2 Å². The van der Waals surface area contributed by atoms with E-state index in [1.165, 1.54) is 6.08 Å². The Kier molecular flexibility index (Phi) is 4.49. The predicted octanol–water partition coefficient (Wildman–Crippen LogP) is 1.76. The van der Waals surface area contributed by atoms with Crippen molar-refractivity contribution in [2.24, 2.45) is 0 Å². The van der Waals surface area contributed by atoms with Gasteiger partial charge in [-0.25, -0.2) is 9.78 Å². The molecule has 0 aliphatic rings. The van der Waals surface area contributed by atoms with Crippen LogP contribution < -0.4 is 4.74 Å². The van der Waals surface area contributed by atoms with Gasteiger partial charge in [0.25, 0.3) is 0 Å². The number of pyridine rings is 1. The molecule has 0 saturated heterocycles. The lowest BCUT2D eigenvalue weighted by molar-refractivity contribution is -0.131. The second-order valence-electron chi connectivity index (χ2n) is 4.13. The number of rotatable bonds is 6. The monoisotopic (exact) mass is 273 g/mol. The van der Waals surface area contributed by atoms with E-state index in [1.54, 1.807) is 16.9 Å². The summed E-state index contributed by atoms with van der Waals surface area (Å²) in [5.41, 5.74) is 1.31. The van der Waals surface area contributed by atoms with Gasteiger partial charge in [0.1, 0.15) is 18.1 Å². The predicted molar refractivity (Wildman–Crippen MR) is 73.4 cm³/mol. The van der Waals surface area contributed by atoms with E-state index in [1.807, 2.05) is 25.3 Å². The van der Waals surface area contributed by atoms with E-state index in [0.29, 0.717) is 24.6 Å². The summed E-state index contributed by atoms with van der Waals surface area (Å²) in [6.45, 7) is 2.88. The van der Waals surface area contributed by atoms with Crippen molar-refractivity contribution in [3.8, 4) is 5.75 Å². The molecule has 0 radical (unpaired) electrons. The maximum absolute atomic E-state index is 10.6. The maximum Gasteiger partial charge on any atom is 0.328 e. The Morgan fingerprint density at radius 1 is 1.50 bits per heavy atom. The van der Waals surface area contributed by atoms with Gasteiger partial charge in [-0.1, -0.05) is 0 Å². The fourth-order valence-electron chi connectivity index (χ4n) is 1.64. The number of hydrogen-bond acceptors (Lipinski definition) is 4. The highest BCUT2D eigenvalue weighted by Gasteiger charge is 2.04. The molecule has 0 aliphatic heterocycles. The molecule has 2 heterocycles. The molecule has 104 valence electrons. The first-order valence-electron chi connectivity index (χ1n) is 6.14. The summed E-state index contributed by atoms with van der Waals surface area (Å²) in [7, 11) is 0. The van der Waals surface area contributed by atoms with Gasteiger partial charge in [0.2, 0.25) is 0 Å². The molecule has 2 rings (SSSR count). The molecular formula is C14H15N3O3. The molecule has 0 saturated carbocycles. The molecule has 2 aromatic heterocycles. The van der Waals surface area contributed by atoms with Crippen LogP contribution in [0, 0.1) is 6.92 Å². The van der Waals surface area contributed by atoms with Crippen molar-refractivity contribution in [3.05, 3.63) is 48.1 Å². The molecule has 0 bridgehead atoms. The molecule has 6 heteroatoms. The lowest BCUT2D eigenvalue weighted by Crippen LogP contribution is -2.09. The van der Waals surface area contributed by atoms with E-state index in [-0.39, 0.29) is 0 Å². The Bertz CT molecular complexity index is 606. The van der Waals surface area contributed by atoms with Crippen molar-refractivity contribution >= 4 is 12.0 Å². The summed E-state index contributed by atoms with van der Waals surface area (Å²) < 4.78 is 7.39. The van der Waals surface area contributed by atoms with E-state index in [4.69, 9.17) is 9.84 Å². The number of hydrogen-bond donors (Lipinski definition) is 1. The van der Waals surface area contributed by atoms with Crippen LogP contribution in [0.1, 0.15) is 11.4 Å². The molecule has 2 aromatic rings. The van der Waals surface area contributed by atoms with Gasteiger partial charge in [0.15, 0.2) is 0 Å². The van der Waals surface area contributed by atoms with Gasteiger partial charge >= 0.3 is 5.97 Å². The molecule has 0 amide bonds. The maximum atomic E-state index is 10.6. The fourth-order valence-corrected chi connectivity index (χ4v) is 1.64. The number of carboxylic acid groups (broad SMARTS) is 1. The first kappa shape index (κ1) is 13.8. The van der Waals surface area contributed by atoms with E-state index in [9.17, 15) is 4.79 Å². The average Bonchev–Trinajstić information content (AvgIpc) is 2.91. The SMILES string of the molecule is Cc1ccc(OCCn2cccn2)c(C=CC(=O)O)n1. The van der Waals surface area contributed by atoms with Crippen molar-refractivity contribution in [1.82, 2.24) is 14.8 Å². The van der Waals surface area contributed by atoms with Gasteiger partial charge in [0.05, 0.1) is 6.54 Å².